The zero-order valence-electron chi connectivity index (χ0n) is 14.9. The number of halogens is 3. The van der Waals surface area contributed by atoms with Gasteiger partial charge in [0.1, 0.15) is 0 Å². The maximum atomic E-state index is 13.2. The van der Waals surface area contributed by atoms with Crippen molar-refractivity contribution in [3.63, 3.8) is 0 Å². The molecule has 1 fully saturated rings. The van der Waals surface area contributed by atoms with E-state index in [0.717, 1.165) is 42.8 Å². The molecule has 1 aromatic heterocycles. The summed E-state index contributed by atoms with van der Waals surface area (Å²) in [6.45, 7) is 5.86. The second kappa shape index (κ2) is 8.53. The summed E-state index contributed by atoms with van der Waals surface area (Å²) in [5.41, 5.74) is 0.350. The van der Waals surface area contributed by atoms with Crippen molar-refractivity contribution >= 4 is 34.4 Å². The molecule has 1 aliphatic heterocycles. The lowest BCUT2D eigenvalue weighted by molar-refractivity contribution is -0.136. The van der Waals surface area contributed by atoms with Crippen LogP contribution in [-0.4, -0.2) is 46.1 Å². The van der Waals surface area contributed by atoms with Crippen LogP contribution in [0.4, 0.5) is 18.9 Å². The third kappa shape index (κ3) is 5.40. The fourth-order valence-electron chi connectivity index (χ4n) is 3.08. The average molecular weight is 415 g/mol. The predicted octanol–water partition coefficient (Wildman–Crippen LogP) is 4.38. The molecule has 0 unspecified atom stereocenters. The summed E-state index contributed by atoms with van der Waals surface area (Å²) in [6.07, 6.45) is -3.52. The Hall–Kier alpha value is -1.71. The first kappa shape index (κ1) is 20.0. The molecule has 0 radical (unpaired) electrons. The van der Waals surface area contributed by atoms with Gasteiger partial charge >= 0.3 is 6.18 Å². The third-order valence-corrected chi connectivity index (χ3v) is 5.58. The van der Waals surface area contributed by atoms with Crippen molar-refractivity contribution in [3.05, 3.63) is 45.9 Å². The normalized spacial score (nSPS) is 16.2. The number of anilines is 1. The summed E-state index contributed by atoms with van der Waals surface area (Å²) < 4.78 is 39.5. The summed E-state index contributed by atoms with van der Waals surface area (Å²) >= 11 is 7.03. The fraction of sp³-hybridized carbons (Fsp3) is 0.444. The predicted molar refractivity (Wildman–Crippen MR) is 106 cm³/mol. The second-order valence-electron chi connectivity index (χ2n) is 6.45. The third-order valence-electron chi connectivity index (χ3n) is 4.40. The number of nitrogens with zero attached hydrogens (tertiary/aromatic N) is 3. The molecular formula is C18H21F3N4S2. The molecule has 0 atom stereocenters. The van der Waals surface area contributed by atoms with Gasteiger partial charge in [0, 0.05) is 38.1 Å². The molecule has 146 valence electrons. The zero-order chi connectivity index (χ0) is 19.4. The minimum Gasteiger partial charge on any atom is -0.348 e. The van der Waals surface area contributed by atoms with Crippen LogP contribution in [0.1, 0.15) is 22.7 Å². The lowest BCUT2D eigenvalue weighted by atomic mass is 10.1. The Kier molecular flexibility index (Phi) is 6.33. The number of thiocarbonyl (C=S) groups is 1. The number of hydrogen-bond donors (Lipinski definition) is 1. The smallest absolute Gasteiger partial charge is 0.348 e. The van der Waals surface area contributed by atoms with Gasteiger partial charge in [-0.15, -0.1) is 11.3 Å². The van der Waals surface area contributed by atoms with E-state index >= 15 is 0 Å². The highest BCUT2D eigenvalue weighted by Gasteiger charge is 2.33. The monoisotopic (exact) mass is 414 g/mol. The van der Waals surface area contributed by atoms with E-state index in [-0.39, 0.29) is 5.69 Å². The van der Waals surface area contributed by atoms with Crippen LogP contribution in [-0.2, 0) is 12.7 Å². The Morgan fingerprint density at radius 1 is 1.22 bits per heavy atom. The van der Waals surface area contributed by atoms with Crippen molar-refractivity contribution in [2.45, 2.75) is 26.1 Å². The van der Waals surface area contributed by atoms with Gasteiger partial charge in [0.05, 0.1) is 22.0 Å². The SMILES string of the molecule is Cc1nc(CN2CCCN(C(=S)Nc3ccccc3C(F)(F)F)CC2)cs1. The second-order valence-corrected chi connectivity index (χ2v) is 7.90. The Balaban J connectivity index is 1.60. The first-order valence-electron chi connectivity index (χ1n) is 8.68. The number of aromatic nitrogens is 1. The molecule has 0 saturated carbocycles. The van der Waals surface area contributed by atoms with Gasteiger partial charge in [-0.05, 0) is 37.7 Å². The number of alkyl halides is 3. The van der Waals surface area contributed by atoms with Crippen LogP contribution in [0.5, 0.6) is 0 Å². The van der Waals surface area contributed by atoms with Crippen LogP contribution in [0.15, 0.2) is 29.6 Å². The molecule has 4 nitrogen and oxygen atoms in total. The summed E-state index contributed by atoms with van der Waals surface area (Å²) in [5.74, 6) is 0. The van der Waals surface area contributed by atoms with Crippen LogP contribution >= 0.6 is 23.6 Å². The van der Waals surface area contributed by atoms with Crippen molar-refractivity contribution < 1.29 is 13.2 Å². The standard InChI is InChI=1S/C18H21F3N4S2/c1-13-22-14(12-27-13)11-24-7-4-8-25(10-9-24)17(26)23-16-6-3-2-5-15(16)18(19,20)21/h2-3,5-6,12H,4,7-11H2,1H3,(H,23,26). The molecule has 1 aromatic carbocycles. The lowest BCUT2D eigenvalue weighted by Gasteiger charge is -2.25. The van der Waals surface area contributed by atoms with Crippen LogP contribution in [0.2, 0.25) is 0 Å². The number of thiazole rings is 1. The average Bonchev–Trinajstić information content (AvgIpc) is 2.87. The van der Waals surface area contributed by atoms with Gasteiger partial charge in [-0.25, -0.2) is 4.98 Å². The number of benzene rings is 1. The van der Waals surface area contributed by atoms with Gasteiger partial charge in [-0.3, -0.25) is 4.90 Å². The molecule has 3 rings (SSSR count). The van der Waals surface area contributed by atoms with E-state index in [0.29, 0.717) is 18.2 Å². The van der Waals surface area contributed by atoms with Gasteiger partial charge in [0.2, 0.25) is 0 Å². The largest absolute Gasteiger partial charge is 0.418 e. The number of hydrogen-bond acceptors (Lipinski definition) is 4. The molecule has 1 saturated heterocycles. The van der Waals surface area contributed by atoms with E-state index in [1.165, 1.54) is 12.1 Å². The topological polar surface area (TPSA) is 31.4 Å². The van der Waals surface area contributed by atoms with E-state index in [2.05, 4.69) is 20.6 Å². The highest BCUT2D eigenvalue weighted by Crippen LogP contribution is 2.34. The van der Waals surface area contributed by atoms with Crippen LogP contribution < -0.4 is 5.32 Å². The maximum absolute atomic E-state index is 13.2. The molecule has 2 heterocycles. The molecule has 27 heavy (non-hydrogen) atoms. The van der Waals surface area contributed by atoms with Crippen molar-refractivity contribution in [3.8, 4) is 0 Å². The number of aryl methyl sites for hydroxylation is 1. The summed E-state index contributed by atoms with van der Waals surface area (Å²) in [7, 11) is 0. The van der Waals surface area contributed by atoms with Gasteiger partial charge in [0.15, 0.2) is 5.11 Å². The van der Waals surface area contributed by atoms with E-state index < -0.39 is 11.7 Å². The van der Waals surface area contributed by atoms with Gasteiger partial charge in [0.25, 0.3) is 0 Å². The van der Waals surface area contributed by atoms with Crippen molar-refractivity contribution in [1.29, 1.82) is 0 Å². The molecule has 1 aliphatic rings. The molecule has 0 bridgehead atoms. The van der Waals surface area contributed by atoms with Crippen LogP contribution in [0, 0.1) is 6.92 Å². The van der Waals surface area contributed by atoms with Gasteiger partial charge in [-0.1, -0.05) is 12.1 Å². The minimum absolute atomic E-state index is 0.00551. The molecule has 2 aromatic rings. The highest BCUT2D eigenvalue weighted by molar-refractivity contribution is 7.80. The number of rotatable bonds is 3. The Morgan fingerprint density at radius 2 is 2.00 bits per heavy atom. The van der Waals surface area contributed by atoms with E-state index in [1.807, 2.05) is 11.8 Å². The first-order valence-corrected chi connectivity index (χ1v) is 9.97. The zero-order valence-corrected chi connectivity index (χ0v) is 16.6. The molecule has 9 heteroatoms. The molecule has 0 aliphatic carbocycles. The van der Waals surface area contributed by atoms with Crippen molar-refractivity contribution in [2.24, 2.45) is 0 Å². The molecule has 1 N–H and O–H groups in total. The van der Waals surface area contributed by atoms with Crippen LogP contribution in [0.3, 0.4) is 0 Å². The lowest BCUT2D eigenvalue weighted by Crippen LogP contribution is -2.38. The fourth-order valence-corrected chi connectivity index (χ4v) is 3.97. The first-order chi connectivity index (χ1) is 12.8. The highest BCUT2D eigenvalue weighted by atomic mass is 32.1. The number of para-hydroxylation sites is 1. The Bertz CT molecular complexity index is 791. The minimum atomic E-state index is -4.42. The number of nitrogens with one attached hydrogen (secondary N) is 1. The van der Waals surface area contributed by atoms with E-state index in [9.17, 15) is 13.2 Å². The summed E-state index contributed by atoms with van der Waals surface area (Å²) in [5, 5.41) is 6.24. The summed E-state index contributed by atoms with van der Waals surface area (Å²) in [4.78, 5) is 8.74. The van der Waals surface area contributed by atoms with E-state index in [4.69, 9.17) is 12.2 Å². The molecule has 0 amide bonds. The Labute approximate surface area is 166 Å². The molecule has 0 spiro atoms. The Morgan fingerprint density at radius 3 is 2.70 bits per heavy atom. The van der Waals surface area contributed by atoms with Crippen LogP contribution in [0.25, 0.3) is 0 Å². The summed E-state index contributed by atoms with van der Waals surface area (Å²) in [6, 6.07) is 5.41. The quantitative estimate of drug-likeness (QED) is 0.754. The maximum Gasteiger partial charge on any atom is 0.418 e. The van der Waals surface area contributed by atoms with Gasteiger partial charge in [-0.2, -0.15) is 13.2 Å². The van der Waals surface area contributed by atoms with E-state index in [1.54, 1.807) is 17.4 Å². The van der Waals surface area contributed by atoms with Gasteiger partial charge < -0.3 is 10.2 Å². The van der Waals surface area contributed by atoms with Crippen molar-refractivity contribution in [1.82, 2.24) is 14.8 Å². The molecular weight excluding hydrogens is 393 g/mol. The van der Waals surface area contributed by atoms with Crippen molar-refractivity contribution in [2.75, 3.05) is 31.5 Å².